The molecule has 2 aromatic carbocycles. The molecule has 0 saturated carbocycles. The fourth-order valence-electron chi connectivity index (χ4n) is 3.43. The molecule has 0 fully saturated rings. The number of guanidine groups is 1. The van der Waals surface area contributed by atoms with Crippen LogP contribution in [-0.2, 0) is 17.8 Å². The summed E-state index contributed by atoms with van der Waals surface area (Å²) in [5, 5.41) is 10.5. The number of nitrogens with zero attached hydrogens (tertiary/aromatic N) is 2. The largest absolute Gasteiger partial charge is 0.361 e. The predicted molar refractivity (Wildman–Crippen MR) is 128 cm³/mol. The zero-order valence-corrected chi connectivity index (χ0v) is 18.8. The lowest BCUT2D eigenvalue weighted by Crippen LogP contribution is -2.38. The van der Waals surface area contributed by atoms with Gasteiger partial charge in [0, 0.05) is 35.9 Å². The zero-order chi connectivity index (χ0) is 22.9. The highest BCUT2D eigenvalue weighted by atomic mass is 19.1. The van der Waals surface area contributed by atoms with Gasteiger partial charge in [0.15, 0.2) is 5.96 Å². The van der Waals surface area contributed by atoms with E-state index in [9.17, 15) is 9.18 Å². The van der Waals surface area contributed by atoms with Crippen molar-refractivity contribution >= 4 is 28.5 Å². The minimum absolute atomic E-state index is 0.0503. The van der Waals surface area contributed by atoms with Crippen molar-refractivity contribution in [2.45, 2.75) is 19.9 Å². The fourth-order valence-corrected chi connectivity index (χ4v) is 3.43. The van der Waals surface area contributed by atoms with Crippen LogP contribution < -0.4 is 16.0 Å². The Balaban J connectivity index is 1.57. The summed E-state index contributed by atoms with van der Waals surface area (Å²) in [5.41, 5.74) is 3.70. The molecular weight excluding hydrogens is 407 g/mol. The van der Waals surface area contributed by atoms with E-state index in [1.165, 1.54) is 12.1 Å². The van der Waals surface area contributed by atoms with Gasteiger partial charge in [-0.1, -0.05) is 12.1 Å². The van der Waals surface area contributed by atoms with Gasteiger partial charge in [-0.3, -0.25) is 4.79 Å². The number of likely N-dealkylation sites (N-methyl/N-ethyl adjacent to an activating group) is 1. The molecule has 4 N–H and O–H groups in total. The first kappa shape index (κ1) is 23.3. The van der Waals surface area contributed by atoms with E-state index in [2.05, 4.69) is 25.9 Å². The molecule has 0 atom stereocenters. The van der Waals surface area contributed by atoms with Crippen molar-refractivity contribution in [3.05, 3.63) is 65.6 Å². The third-order valence-corrected chi connectivity index (χ3v) is 4.85. The van der Waals surface area contributed by atoms with Crippen LogP contribution in [0.25, 0.3) is 10.9 Å². The van der Waals surface area contributed by atoms with Gasteiger partial charge in [0.05, 0.1) is 13.1 Å². The van der Waals surface area contributed by atoms with Crippen molar-refractivity contribution < 1.29 is 9.18 Å². The van der Waals surface area contributed by atoms with Crippen LogP contribution in [0.5, 0.6) is 0 Å². The fraction of sp³-hybridized carbons (Fsp3) is 0.333. The maximum absolute atomic E-state index is 13.4. The van der Waals surface area contributed by atoms with Crippen LogP contribution in [0.4, 0.5) is 10.1 Å². The van der Waals surface area contributed by atoms with Crippen molar-refractivity contribution in [3.63, 3.8) is 0 Å². The maximum Gasteiger partial charge on any atom is 0.238 e. The van der Waals surface area contributed by atoms with E-state index >= 15 is 0 Å². The number of rotatable bonds is 9. The lowest BCUT2D eigenvalue weighted by molar-refractivity contribution is -0.116. The number of fused-ring (bicyclic) bond motifs is 1. The Labute approximate surface area is 188 Å². The number of benzene rings is 2. The van der Waals surface area contributed by atoms with Crippen molar-refractivity contribution in [1.82, 2.24) is 20.5 Å². The Morgan fingerprint density at radius 2 is 2.00 bits per heavy atom. The van der Waals surface area contributed by atoms with E-state index in [1.807, 2.05) is 56.4 Å². The molecule has 1 amide bonds. The van der Waals surface area contributed by atoms with Crippen LogP contribution in [0.15, 0.2) is 53.7 Å². The van der Waals surface area contributed by atoms with E-state index in [0.717, 1.165) is 46.6 Å². The van der Waals surface area contributed by atoms with Crippen LogP contribution in [-0.4, -0.2) is 55.5 Å². The third-order valence-electron chi connectivity index (χ3n) is 4.85. The Bertz CT molecular complexity index is 1080. The van der Waals surface area contributed by atoms with Gasteiger partial charge in [-0.05, 0) is 68.9 Å². The number of aromatic amines is 1. The second kappa shape index (κ2) is 11.3. The smallest absolute Gasteiger partial charge is 0.238 e. The lowest BCUT2D eigenvalue weighted by Gasteiger charge is -2.12. The highest BCUT2D eigenvalue weighted by Crippen LogP contribution is 2.19. The Kier molecular flexibility index (Phi) is 8.21. The highest BCUT2D eigenvalue weighted by Gasteiger charge is 2.06. The first-order valence-corrected chi connectivity index (χ1v) is 10.8. The number of carbonyl (C=O) groups excluding carboxylic acids is 1. The number of carbonyl (C=O) groups is 1. The molecule has 3 aromatic rings. The van der Waals surface area contributed by atoms with E-state index in [1.54, 1.807) is 6.07 Å². The van der Waals surface area contributed by atoms with E-state index in [-0.39, 0.29) is 11.7 Å². The molecule has 0 radical (unpaired) electrons. The van der Waals surface area contributed by atoms with Gasteiger partial charge in [-0.25, -0.2) is 9.38 Å². The number of nitrogens with one attached hydrogen (secondary N) is 4. The summed E-state index contributed by atoms with van der Waals surface area (Å²) in [6.45, 7) is 4.28. The summed E-state index contributed by atoms with van der Waals surface area (Å²) in [5.74, 6) is 0.429. The first-order chi connectivity index (χ1) is 15.4. The number of anilines is 1. The molecule has 0 unspecified atom stereocenters. The van der Waals surface area contributed by atoms with Gasteiger partial charge in [0.1, 0.15) is 5.82 Å². The molecule has 0 aliphatic rings. The Morgan fingerprint density at radius 1 is 1.16 bits per heavy atom. The van der Waals surface area contributed by atoms with Crippen LogP contribution in [0, 0.1) is 5.82 Å². The minimum Gasteiger partial charge on any atom is -0.361 e. The summed E-state index contributed by atoms with van der Waals surface area (Å²) in [6, 6.07) is 12.5. The molecule has 8 heteroatoms. The number of hydrogen-bond donors (Lipinski definition) is 4. The van der Waals surface area contributed by atoms with Gasteiger partial charge in [-0.2, -0.15) is 0 Å². The van der Waals surface area contributed by atoms with Crippen molar-refractivity contribution in [3.8, 4) is 0 Å². The topological polar surface area (TPSA) is 84.6 Å². The van der Waals surface area contributed by atoms with Crippen molar-refractivity contribution in [2.75, 3.05) is 39.0 Å². The molecular formula is C24H31FN6O. The number of hydrogen-bond acceptors (Lipinski definition) is 3. The second-order valence-corrected chi connectivity index (χ2v) is 7.86. The quantitative estimate of drug-likeness (QED) is 0.306. The number of halogens is 1. The molecule has 3 rings (SSSR count). The molecule has 0 spiro atoms. The molecule has 0 bridgehead atoms. The molecule has 7 nitrogen and oxygen atoms in total. The third kappa shape index (κ3) is 6.81. The zero-order valence-electron chi connectivity index (χ0n) is 18.8. The standard InChI is InChI=1S/C24H31FN6O/c1-4-26-24(27-11-10-18-15-28-22-13-19(25)8-9-21(18)22)29-14-17-6-5-7-20(12-17)30-23(32)16-31(2)3/h5-9,12-13,15,28H,4,10-11,14,16H2,1-3H3,(H,30,32)(H2,26,27,29). The van der Waals surface area contributed by atoms with Gasteiger partial charge in [0.2, 0.25) is 5.91 Å². The van der Waals surface area contributed by atoms with E-state index < -0.39 is 0 Å². The van der Waals surface area contributed by atoms with Crippen LogP contribution in [0.2, 0.25) is 0 Å². The van der Waals surface area contributed by atoms with E-state index in [4.69, 9.17) is 0 Å². The monoisotopic (exact) mass is 438 g/mol. The summed E-state index contributed by atoms with van der Waals surface area (Å²) < 4.78 is 13.4. The highest BCUT2D eigenvalue weighted by molar-refractivity contribution is 5.92. The average Bonchev–Trinajstić information content (AvgIpc) is 3.13. The van der Waals surface area contributed by atoms with Crippen molar-refractivity contribution in [2.24, 2.45) is 4.99 Å². The normalized spacial score (nSPS) is 11.7. The molecule has 0 saturated heterocycles. The van der Waals surface area contributed by atoms with Crippen molar-refractivity contribution in [1.29, 1.82) is 0 Å². The summed E-state index contributed by atoms with van der Waals surface area (Å²) in [7, 11) is 3.72. The predicted octanol–water partition coefficient (Wildman–Crippen LogP) is 3.10. The number of aliphatic imine (C=N–C) groups is 1. The number of H-pyrrole nitrogens is 1. The summed E-state index contributed by atoms with van der Waals surface area (Å²) in [4.78, 5) is 21.6. The molecule has 0 aliphatic heterocycles. The van der Waals surface area contributed by atoms with Gasteiger partial charge >= 0.3 is 0 Å². The minimum atomic E-state index is -0.244. The van der Waals surface area contributed by atoms with Gasteiger partial charge in [0.25, 0.3) is 0 Å². The molecule has 170 valence electrons. The number of aromatic nitrogens is 1. The number of amides is 1. The SMILES string of the molecule is CCNC(=NCc1cccc(NC(=O)CN(C)C)c1)NCCc1c[nH]c2cc(F)ccc12. The van der Waals surface area contributed by atoms with E-state index in [0.29, 0.717) is 19.6 Å². The lowest BCUT2D eigenvalue weighted by atomic mass is 10.1. The van der Waals surface area contributed by atoms with Gasteiger partial charge < -0.3 is 25.8 Å². The second-order valence-electron chi connectivity index (χ2n) is 7.86. The molecule has 1 heterocycles. The summed E-state index contributed by atoms with van der Waals surface area (Å²) >= 11 is 0. The Hall–Kier alpha value is -3.39. The van der Waals surface area contributed by atoms with Gasteiger partial charge in [-0.15, -0.1) is 0 Å². The van der Waals surface area contributed by atoms with Crippen LogP contribution >= 0.6 is 0 Å². The van der Waals surface area contributed by atoms with Crippen LogP contribution in [0.3, 0.4) is 0 Å². The first-order valence-electron chi connectivity index (χ1n) is 10.8. The molecule has 0 aliphatic carbocycles. The molecule has 32 heavy (non-hydrogen) atoms. The Morgan fingerprint density at radius 3 is 2.78 bits per heavy atom. The summed E-state index contributed by atoms with van der Waals surface area (Å²) in [6.07, 6.45) is 2.70. The molecule has 1 aromatic heterocycles. The average molecular weight is 439 g/mol. The van der Waals surface area contributed by atoms with Crippen LogP contribution in [0.1, 0.15) is 18.1 Å². The maximum atomic E-state index is 13.4.